The Morgan fingerprint density at radius 1 is 0.490 bits per heavy atom. The summed E-state index contributed by atoms with van der Waals surface area (Å²) in [5, 5.41) is 4.68. The topological polar surface area (TPSA) is 25.8 Å². The van der Waals surface area contributed by atoms with Crippen LogP contribution in [-0.2, 0) is 10.8 Å². The molecule has 0 saturated heterocycles. The van der Waals surface area contributed by atoms with Crippen LogP contribution in [-0.4, -0.2) is 9.97 Å². The smallest absolute Gasteiger partial charge is 0.0780 e. The largest absolute Gasteiger partial charge is 0.256 e. The van der Waals surface area contributed by atoms with E-state index in [-0.39, 0.29) is 5.41 Å². The van der Waals surface area contributed by atoms with E-state index < -0.39 is 5.41 Å². The number of fused-ring (bicyclic) bond motifs is 5. The number of nitrogens with zero attached hydrogens (tertiary/aromatic N) is 2. The summed E-state index contributed by atoms with van der Waals surface area (Å²) in [6.45, 7) is 6.92. The first-order valence-corrected chi connectivity index (χ1v) is 17.1. The number of pyridine rings is 2. The quantitative estimate of drug-likeness (QED) is 0.194. The Morgan fingerprint density at radius 3 is 1.90 bits per heavy atom. The standard InChI is InChI=1S/C47H36N2/c1-46(2,3)37-26-35(44-28-32-14-4-5-15-34(32)30-49-44)27-38(29-37)47(42-21-10-8-19-40(42)41-20-9-11-22-43(41)47)36-17-12-16-33(25-36)45-39-18-7-6-13-31(39)23-24-48-45/h4-30H,1-3H3. The Morgan fingerprint density at radius 2 is 1.14 bits per heavy atom. The molecule has 0 saturated carbocycles. The lowest BCUT2D eigenvalue weighted by Gasteiger charge is -2.36. The summed E-state index contributed by atoms with van der Waals surface area (Å²) < 4.78 is 0. The highest BCUT2D eigenvalue weighted by Crippen LogP contribution is 2.57. The van der Waals surface area contributed by atoms with Crippen molar-refractivity contribution >= 4 is 21.5 Å². The van der Waals surface area contributed by atoms with Crippen LogP contribution in [0, 0.1) is 0 Å². The molecule has 6 aromatic carbocycles. The molecule has 0 unspecified atom stereocenters. The molecule has 0 fully saturated rings. The summed E-state index contributed by atoms with van der Waals surface area (Å²) in [5.41, 5.74) is 12.4. The van der Waals surface area contributed by atoms with E-state index in [1.165, 1.54) is 49.7 Å². The van der Waals surface area contributed by atoms with Crippen LogP contribution in [0.25, 0.3) is 55.2 Å². The first kappa shape index (κ1) is 29.3. The third-order valence-corrected chi connectivity index (χ3v) is 10.4. The molecule has 0 atom stereocenters. The highest BCUT2D eigenvalue weighted by atomic mass is 14.7. The lowest BCUT2D eigenvalue weighted by Crippen LogP contribution is -2.29. The molecule has 1 aliphatic carbocycles. The summed E-state index contributed by atoms with van der Waals surface area (Å²) in [4.78, 5) is 9.97. The lowest BCUT2D eigenvalue weighted by atomic mass is 9.66. The minimum Gasteiger partial charge on any atom is -0.256 e. The van der Waals surface area contributed by atoms with Crippen molar-refractivity contribution in [2.45, 2.75) is 31.6 Å². The molecule has 0 amide bonds. The number of rotatable bonds is 4. The van der Waals surface area contributed by atoms with Gasteiger partial charge in [0.1, 0.15) is 0 Å². The average molecular weight is 629 g/mol. The Labute approximate surface area is 287 Å². The predicted molar refractivity (Wildman–Crippen MR) is 204 cm³/mol. The second-order valence-corrected chi connectivity index (χ2v) is 14.3. The molecule has 0 radical (unpaired) electrons. The third kappa shape index (κ3) is 4.63. The monoisotopic (exact) mass is 628 g/mol. The van der Waals surface area contributed by atoms with Crippen molar-refractivity contribution < 1.29 is 0 Å². The second kappa shape index (κ2) is 11.1. The van der Waals surface area contributed by atoms with Gasteiger partial charge < -0.3 is 0 Å². The second-order valence-electron chi connectivity index (χ2n) is 14.3. The van der Waals surface area contributed by atoms with Crippen molar-refractivity contribution in [1.29, 1.82) is 0 Å². The van der Waals surface area contributed by atoms with Gasteiger partial charge in [-0.1, -0.05) is 142 Å². The van der Waals surface area contributed by atoms with Gasteiger partial charge >= 0.3 is 0 Å². The Kier molecular flexibility index (Phi) is 6.64. The van der Waals surface area contributed by atoms with Gasteiger partial charge in [0.15, 0.2) is 0 Å². The predicted octanol–water partition coefficient (Wildman–Crippen LogP) is 11.8. The third-order valence-electron chi connectivity index (χ3n) is 10.4. The van der Waals surface area contributed by atoms with Gasteiger partial charge in [-0.2, -0.15) is 0 Å². The van der Waals surface area contributed by atoms with Gasteiger partial charge in [-0.3, -0.25) is 9.97 Å². The molecule has 0 bridgehead atoms. The van der Waals surface area contributed by atoms with Crippen LogP contribution < -0.4 is 0 Å². The van der Waals surface area contributed by atoms with Crippen LogP contribution in [0.4, 0.5) is 0 Å². The maximum absolute atomic E-state index is 5.03. The zero-order valence-electron chi connectivity index (χ0n) is 28.0. The normalized spacial score (nSPS) is 13.4. The summed E-state index contributed by atoms with van der Waals surface area (Å²) in [7, 11) is 0. The van der Waals surface area contributed by atoms with Gasteiger partial charge in [-0.15, -0.1) is 0 Å². The highest BCUT2D eigenvalue weighted by molar-refractivity contribution is 5.95. The van der Waals surface area contributed by atoms with Crippen LogP contribution in [0.15, 0.2) is 164 Å². The number of aromatic nitrogens is 2. The van der Waals surface area contributed by atoms with E-state index in [0.717, 1.165) is 33.3 Å². The van der Waals surface area contributed by atoms with Gasteiger partial charge in [0, 0.05) is 34.3 Å². The molecule has 2 aromatic heterocycles. The molecule has 234 valence electrons. The van der Waals surface area contributed by atoms with E-state index in [0.29, 0.717) is 0 Å². The molecule has 0 spiro atoms. The number of benzene rings is 6. The summed E-state index contributed by atoms with van der Waals surface area (Å²) >= 11 is 0. The van der Waals surface area contributed by atoms with Gasteiger partial charge in [0.05, 0.1) is 16.8 Å². The maximum atomic E-state index is 5.03. The van der Waals surface area contributed by atoms with E-state index in [4.69, 9.17) is 9.97 Å². The van der Waals surface area contributed by atoms with E-state index in [1.54, 1.807) is 0 Å². The zero-order valence-corrected chi connectivity index (χ0v) is 28.0. The Hall–Kier alpha value is -5.86. The van der Waals surface area contributed by atoms with Crippen molar-refractivity contribution in [1.82, 2.24) is 9.97 Å². The molecule has 8 aromatic rings. The first-order chi connectivity index (χ1) is 23.9. The molecule has 49 heavy (non-hydrogen) atoms. The molecule has 9 rings (SSSR count). The zero-order chi connectivity index (χ0) is 33.2. The minimum atomic E-state index is -0.569. The van der Waals surface area contributed by atoms with E-state index in [2.05, 4.69) is 172 Å². The summed E-state index contributed by atoms with van der Waals surface area (Å²) in [5.74, 6) is 0. The van der Waals surface area contributed by atoms with Gasteiger partial charge in [0.2, 0.25) is 0 Å². The van der Waals surface area contributed by atoms with Gasteiger partial charge in [-0.25, -0.2) is 0 Å². The number of hydrogen-bond acceptors (Lipinski definition) is 2. The van der Waals surface area contributed by atoms with Crippen LogP contribution in [0.1, 0.15) is 48.6 Å². The fourth-order valence-electron chi connectivity index (χ4n) is 7.94. The number of hydrogen-bond donors (Lipinski definition) is 0. The molecule has 2 heterocycles. The first-order valence-electron chi connectivity index (χ1n) is 17.1. The SMILES string of the molecule is CC(C)(C)c1cc(-c2cc3ccccc3cn2)cc(C2(c3cccc(-c4nccc5ccccc45)c3)c3ccccc3-c3ccccc32)c1. The maximum Gasteiger partial charge on any atom is 0.0780 e. The molecule has 2 nitrogen and oxygen atoms in total. The molecule has 0 aliphatic heterocycles. The van der Waals surface area contributed by atoms with Crippen molar-refractivity contribution in [3.63, 3.8) is 0 Å². The van der Waals surface area contributed by atoms with E-state index in [1.807, 2.05) is 12.4 Å². The van der Waals surface area contributed by atoms with E-state index in [9.17, 15) is 0 Å². The molecular weight excluding hydrogens is 593 g/mol. The van der Waals surface area contributed by atoms with Crippen molar-refractivity contribution in [3.8, 4) is 33.6 Å². The Bertz CT molecular complexity index is 2500. The molecular formula is C47H36N2. The fraction of sp³-hybridized carbons (Fsp3) is 0.106. The highest BCUT2D eigenvalue weighted by Gasteiger charge is 2.46. The van der Waals surface area contributed by atoms with Crippen molar-refractivity contribution in [3.05, 3.63) is 192 Å². The fourth-order valence-corrected chi connectivity index (χ4v) is 7.94. The molecule has 1 aliphatic rings. The lowest BCUT2D eigenvalue weighted by molar-refractivity contribution is 0.587. The minimum absolute atomic E-state index is 0.0881. The van der Waals surface area contributed by atoms with Crippen molar-refractivity contribution in [2.75, 3.05) is 0 Å². The van der Waals surface area contributed by atoms with Gasteiger partial charge in [-0.05, 0) is 85.5 Å². The van der Waals surface area contributed by atoms with Gasteiger partial charge in [0.25, 0.3) is 0 Å². The van der Waals surface area contributed by atoms with Crippen molar-refractivity contribution in [2.24, 2.45) is 0 Å². The Balaban J connectivity index is 1.37. The summed E-state index contributed by atoms with van der Waals surface area (Å²) in [6, 6.07) is 55.6. The molecule has 0 N–H and O–H groups in total. The van der Waals surface area contributed by atoms with Crippen LogP contribution >= 0.6 is 0 Å². The summed E-state index contributed by atoms with van der Waals surface area (Å²) in [6.07, 6.45) is 3.93. The molecule has 2 heteroatoms. The van der Waals surface area contributed by atoms with Crippen LogP contribution in [0.2, 0.25) is 0 Å². The van der Waals surface area contributed by atoms with Crippen LogP contribution in [0.5, 0.6) is 0 Å². The van der Waals surface area contributed by atoms with Crippen LogP contribution in [0.3, 0.4) is 0 Å². The van der Waals surface area contributed by atoms with E-state index >= 15 is 0 Å². The average Bonchev–Trinajstić information content (AvgIpc) is 3.45.